The van der Waals surface area contributed by atoms with Gasteiger partial charge in [-0.3, -0.25) is 4.90 Å². The molecule has 4 nitrogen and oxygen atoms in total. The summed E-state index contributed by atoms with van der Waals surface area (Å²) < 4.78 is 5.81. The van der Waals surface area contributed by atoms with Gasteiger partial charge in [0.05, 0.1) is 0 Å². The average Bonchev–Trinajstić information content (AvgIpc) is 2.67. The first-order valence-electron chi connectivity index (χ1n) is 9.01. The summed E-state index contributed by atoms with van der Waals surface area (Å²) in [6, 6.07) is 13.6. The predicted molar refractivity (Wildman–Crippen MR) is 108 cm³/mol. The Morgan fingerprint density at radius 3 is 2.38 bits per heavy atom. The van der Waals surface area contributed by atoms with Crippen LogP contribution in [0.5, 0.6) is 5.75 Å². The first kappa shape index (κ1) is 19.5. The maximum atomic E-state index is 6.17. The van der Waals surface area contributed by atoms with Gasteiger partial charge in [0.2, 0.25) is 0 Å². The van der Waals surface area contributed by atoms with E-state index in [0.29, 0.717) is 16.7 Å². The summed E-state index contributed by atoms with van der Waals surface area (Å²) in [4.78, 5) is 2.49. The van der Waals surface area contributed by atoms with Gasteiger partial charge in [0.15, 0.2) is 0 Å². The van der Waals surface area contributed by atoms with Gasteiger partial charge < -0.3 is 15.4 Å². The molecule has 1 fully saturated rings. The summed E-state index contributed by atoms with van der Waals surface area (Å²) in [5.74, 6) is 0.811. The van der Waals surface area contributed by atoms with Gasteiger partial charge in [-0.05, 0) is 29.8 Å². The molecule has 0 saturated carbocycles. The van der Waals surface area contributed by atoms with Crippen LogP contribution in [0.15, 0.2) is 42.5 Å². The lowest BCUT2D eigenvalue weighted by Crippen LogP contribution is -2.45. The highest BCUT2D eigenvalue weighted by Crippen LogP contribution is 2.25. The molecule has 2 N–H and O–H groups in total. The third kappa shape index (κ3) is 5.86. The van der Waals surface area contributed by atoms with Crippen molar-refractivity contribution in [3.05, 3.63) is 63.6 Å². The number of hydrogen-bond acceptors (Lipinski definition) is 4. The highest BCUT2D eigenvalue weighted by atomic mass is 35.5. The van der Waals surface area contributed by atoms with E-state index in [1.807, 2.05) is 30.3 Å². The van der Waals surface area contributed by atoms with Crippen LogP contribution in [0.1, 0.15) is 11.1 Å². The average molecular weight is 394 g/mol. The van der Waals surface area contributed by atoms with Gasteiger partial charge in [-0.1, -0.05) is 41.4 Å². The van der Waals surface area contributed by atoms with Crippen molar-refractivity contribution in [1.82, 2.24) is 15.5 Å². The molecular formula is C20H25Cl2N3O. The first-order valence-corrected chi connectivity index (χ1v) is 9.76. The molecule has 0 aliphatic carbocycles. The summed E-state index contributed by atoms with van der Waals surface area (Å²) in [6.07, 6.45) is 0. The van der Waals surface area contributed by atoms with Gasteiger partial charge in [0.25, 0.3) is 0 Å². The summed E-state index contributed by atoms with van der Waals surface area (Å²) in [7, 11) is 0. The van der Waals surface area contributed by atoms with Gasteiger partial charge >= 0.3 is 0 Å². The lowest BCUT2D eigenvalue weighted by molar-refractivity contribution is 0.241. The highest BCUT2D eigenvalue weighted by Gasteiger charge is 2.08. The molecule has 0 radical (unpaired) electrons. The van der Waals surface area contributed by atoms with Crippen LogP contribution in [0.3, 0.4) is 0 Å². The predicted octanol–water partition coefficient (Wildman–Crippen LogP) is 3.57. The van der Waals surface area contributed by atoms with Crippen molar-refractivity contribution in [1.29, 1.82) is 0 Å². The van der Waals surface area contributed by atoms with E-state index >= 15 is 0 Å². The number of benzene rings is 2. The number of piperazine rings is 1. The van der Waals surface area contributed by atoms with Gasteiger partial charge in [-0.2, -0.15) is 0 Å². The van der Waals surface area contributed by atoms with Crippen molar-refractivity contribution in [3.63, 3.8) is 0 Å². The van der Waals surface area contributed by atoms with E-state index in [1.165, 1.54) is 5.56 Å². The molecule has 0 aromatic heterocycles. The van der Waals surface area contributed by atoms with Crippen LogP contribution in [0.25, 0.3) is 0 Å². The third-order valence-corrected chi connectivity index (χ3v) is 5.22. The maximum Gasteiger partial charge on any atom is 0.119 e. The molecule has 0 amide bonds. The van der Waals surface area contributed by atoms with Crippen LogP contribution < -0.4 is 15.4 Å². The Labute approximate surface area is 165 Å². The minimum atomic E-state index is 0.362. The van der Waals surface area contributed by atoms with Crippen LogP contribution in [0.2, 0.25) is 10.0 Å². The zero-order valence-corrected chi connectivity index (χ0v) is 16.3. The second kappa shape index (κ2) is 10.1. The molecule has 26 heavy (non-hydrogen) atoms. The number of hydrogen-bond donors (Lipinski definition) is 2. The second-order valence-corrected chi connectivity index (χ2v) is 7.22. The minimum Gasteiger partial charge on any atom is -0.489 e. The van der Waals surface area contributed by atoms with Crippen molar-refractivity contribution in [2.24, 2.45) is 0 Å². The molecule has 0 spiro atoms. The van der Waals surface area contributed by atoms with Crippen molar-refractivity contribution < 1.29 is 4.74 Å². The van der Waals surface area contributed by atoms with Crippen molar-refractivity contribution in [3.8, 4) is 5.75 Å². The molecule has 2 aromatic carbocycles. The van der Waals surface area contributed by atoms with Crippen LogP contribution in [-0.2, 0) is 13.2 Å². The van der Waals surface area contributed by atoms with Gasteiger partial charge in [-0.15, -0.1) is 0 Å². The van der Waals surface area contributed by atoms with Crippen LogP contribution >= 0.6 is 23.2 Å². The van der Waals surface area contributed by atoms with E-state index in [-0.39, 0.29) is 0 Å². The Morgan fingerprint density at radius 2 is 1.69 bits per heavy atom. The zero-order chi connectivity index (χ0) is 18.2. The largest absolute Gasteiger partial charge is 0.489 e. The number of nitrogens with one attached hydrogen (secondary N) is 2. The normalized spacial score (nSPS) is 15.2. The molecule has 0 unspecified atom stereocenters. The molecule has 2 aromatic rings. The fourth-order valence-electron chi connectivity index (χ4n) is 2.93. The van der Waals surface area contributed by atoms with Crippen LogP contribution in [-0.4, -0.2) is 44.2 Å². The van der Waals surface area contributed by atoms with Crippen molar-refractivity contribution in [2.75, 3.05) is 39.3 Å². The number of ether oxygens (including phenoxy) is 1. The molecule has 0 atom stereocenters. The van der Waals surface area contributed by atoms with Gasteiger partial charge in [0, 0.05) is 61.4 Å². The molecule has 0 bridgehead atoms. The monoisotopic (exact) mass is 393 g/mol. The summed E-state index contributed by atoms with van der Waals surface area (Å²) in [5, 5.41) is 8.13. The van der Waals surface area contributed by atoms with E-state index < -0.39 is 0 Å². The third-order valence-electron chi connectivity index (χ3n) is 4.51. The SMILES string of the molecule is Clc1cccc(Cl)c1COc1ccc(CNCCN2CCNCC2)cc1. The molecule has 1 saturated heterocycles. The standard InChI is InChI=1S/C20H25Cl2N3O/c21-19-2-1-3-20(22)18(19)15-26-17-6-4-16(5-7-17)14-24-10-13-25-11-8-23-9-12-25/h1-7,23-24H,8-15H2. The van der Waals surface area contributed by atoms with Crippen molar-refractivity contribution >= 4 is 23.2 Å². The first-order chi connectivity index (χ1) is 12.7. The molecular weight excluding hydrogens is 369 g/mol. The lowest BCUT2D eigenvalue weighted by atomic mass is 10.2. The van der Waals surface area contributed by atoms with Crippen LogP contribution in [0, 0.1) is 0 Å². The summed E-state index contributed by atoms with van der Waals surface area (Å²) >= 11 is 12.3. The van der Waals surface area contributed by atoms with E-state index in [0.717, 1.165) is 57.1 Å². The Hall–Kier alpha value is -1.30. The molecule has 140 valence electrons. The lowest BCUT2D eigenvalue weighted by Gasteiger charge is -2.27. The molecule has 1 heterocycles. The highest BCUT2D eigenvalue weighted by molar-refractivity contribution is 6.35. The van der Waals surface area contributed by atoms with E-state index in [1.54, 1.807) is 0 Å². The van der Waals surface area contributed by atoms with Crippen LogP contribution in [0.4, 0.5) is 0 Å². The van der Waals surface area contributed by atoms with Gasteiger partial charge in [0.1, 0.15) is 12.4 Å². The maximum absolute atomic E-state index is 6.17. The molecule has 6 heteroatoms. The number of nitrogens with zero attached hydrogens (tertiary/aromatic N) is 1. The Morgan fingerprint density at radius 1 is 1.00 bits per heavy atom. The molecule has 3 rings (SSSR count). The molecule has 1 aliphatic heterocycles. The number of halogens is 2. The topological polar surface area (TPSA) is 36.5 Å². The zero-order valence-electron chi connectivity index (χ0n) is 14.8. The van der Waals surface area contributed by atoms with Gasteiger partial charge in [-0.25, -0.2) is 0 Å². The smallest absolute Gasteiger partial charge is 0.119 e. The Kier molecular flexibility index (Phi) is 7.59. The quantitative estimate of drug-likeness (QED) is 0.672. The number of rotatable bonds is 8. The second-order valence-electron chi connectivity index (χ2n) is 6.40. The Balaban J connectivity index is 1.40. The van der Waals surface area contributed by atoms with E-state index in [2.05, 4.69) is 27.7 Å². The van der Waals surface area contributed by atoms with Crippen molar-refractivity contribution in [2.45, 2.75) is 13.2 Å². The van der Waals surface area contributed by atoms with E-state index in [9.17, 15) is 0 Å². The summed E-state index contributed by atoms with van der Waals surface area (Å²) in [5.41, 5.74) is 2.06. The summed E-state index contributed by atoms with van der Waals surface area (Å²) in [6.45, 7) is 7.81. The minimum absolute atomic E-state index is 0.362. The fraction of sp³-hybridized carbons (Fsp3) is 0.400. The van der Waals surface area contributed by atoms with E-state index in [4.69, 9.17) is 27.9 Å². The fourth-order valence-corrected chi connectivity index (χ4v) is 3.44. The molecule has 1 aliphatic rings. The Bertz CT molecular complexity index is 668.